The van der Waals surface area contributed by atoms with Crippen LogP contribution in [0.4, 0.5) is 22.0 Å². The van der Waals surface area contributed by atoms with Crippen molar-refractivity contribution in [3.05, 3.63) is 57.3 Å². The predicted molar refractivity (Wildman–Crippen MR) is 88.1 cm³/mol. The summed E-state index contributed by atoms with van der Waals surface area (Å²) in [6.07, 6.45) is -6.69. The summed E-state index contributed by atoms with van der Waals surface area (Å²) in [5.41, 5.74) is -2.88. The molecule has 0 radical (unpaired) electrons. The number of rotatable bonds is 3. The Morgan fingerprint density at radius 1 is 1.32 bits per heavy atom. The first-order valence-corrected chi connectivity index (χ1v) is 8.31. The highest BCUT2D eigenvalue weighted by molar-refractivity contribution is 5.40. The quantitative estimate of drug-likeness (QED) is 0.788. The molecule has 2 aromatic rings. The second kappa shape index (κ2) is 6.84. The van der Waals surface area contributed by atoms with E-state index in [9.17, 15) is 26.7 Å². The van der Waals surface area contributed by atoms with Crippen LogP contribution in [0.15, 0.2) is 23.0 Å². The fourth-order valence-corrected chi connectivity index (χ4v) is 3.42. The average molecular weight is 404 g/mol. The largest absolute Gasteiger partial charge is 0.493 e. The summed E-state index contributed by atoms with van der Waals surface area (Å²) >= 11 is 0. The number of alkyl halides is 3. The second-order valence-electron chi connectivity index (χ2n) is 6.83. The first-order valence-electron chi connectivity index (χ1n) is 8.31. The standard InChI is InChI=1S/C18H17F5N2O3/c1-8-6-12(26)25-16(24-8)15-10(7-17(2,28-15)18(21,22)23)9-4-5-11(19)13(20)14(9)27-3/h4-6,10,15H,7H2,1-3H3,(H,24,25,26)/t10-,15+,17+/m0/s1. The van der Waals surface area contributed by atoms with Crippen molar-refractivity contribution in [1.29, 1.82) is 0 Å². The number of aromatic amines is 1. The van der Waals surface area contributed by atoms with Crippen LogP contribution in [0, 0.1) is 18.6 Å². The molecule has 1 saturated heterocycles. The normalized spacial score (nSPS) is 25.1. The number of hydrogen-bond donors (Lipinski definition) is 1. The van der Waals surface area contributed by atoms with Gasteiger partial charge in [0.05, 0.1) is 7.11 Å². The van der Waals surface area contributed by atoms with Gasteiger partial charge in [0.2, 0.25) is 5.82 Å². The van der Waals surface area contributed by atoms with Gasteiger partial charge in [-0.1, -0.05) is 6.07 Å². The summed E-state index contributed by atoms with van der Waals surface area (Å²) in [5.74, 6) is -4.25. The molecule has 0 spiro atoms. The van der Waals surface area contributed by atoms with Gasteiger partial charge in [0.25, 0.3) is 5.56 Å². The molecule has 10 heteroatoms. The van der Waals surface area contributed by atoms with E-state index in [0.717, 1.165) is 26.2 Å². The van der Waals surface area contributed by atoms with Crippen LogP contribution in [0.25, 0.3) is 0 Å². The van der Waals surface area contributed by atoms with Crippen molar-refractivity contribution in [3.63, 3.8) is 0 Å². The third-order valence-corrected chi connectivity index (χ3v) is 4.80. The summed E-state index contributed by atoms with van der Waals surface area (Å²) in [4.78, 5) is 18.2. The molecule has 0 aliphatic carbocycles. The van der Waals surface area contributed by atoms with Crippen molar-refractivity contribution in [2.45, 2.75) is 44.1 Å². The highest BCUT2D eigenvalue weighted by Gasteiger charge is 2.61. The van der Waals surface area contributed by atoms with Crippen molar-refractivity contribution >= 4 is 0 Å². The topological polar surface area (TPSA) is 64.2 Å². The van der Waals surface area contributed by atoms with Gasteiger partial charge in [-0.3, -0.25) is 4.79 Å². The van der Waals surface area contributed by atoms with E-state index in [1.807, 2.05) is 0 Å². The molecule has 0 amide bonds. The van der Waals surface area contributed by atoms with Crippen LogP contribution in [-0.2, 0) is 4.74 Å². The number of nitrogens with one attached hydrogen (secondary N) is 1. The minimum absolute atomic E-state index is 0.0106. The number of aromatic nitrogens is 2. The third-order valence-electron chi connectivity index (χ3n) is 4.80. The van der Waals surface area contributed by atoms with Crippen molar-refractivity contribution in [2.24, 2.45) is 0 Å². The van der Waals surface area contributed by atoms with Gasteiger partial charge in [0.1, 0.15) is 11.9 Å². The Balaban J connectivity index is 2.18. The summed E-state index contributed by atoms with van der Waals surface area (Å²) in [7, 11) is 1.09. The number of nitrogens with zero attached hydrogens (tertiary/aromatic N) is 1. The highest BCUT2D eigenvalue weighted by Crippen LogP contribution is 2.55. The Labute approximate surface area is 156 Å². The number of methoxy groups -OCH3 is 1. The van der Waals surface area contributed by atoms with Gasteiger partial charge in [0.15, 0.2) is 17.2 Å². The molecular weight excluding hydrogens is 387 g/mol. The number of benzene rings is 1. The Bertz CT molecular complexity index is 959. The molecule has 3 atom stereocenters. The molecule has 1 N–H and O–H groups in total. The highest BCUT2D eigenvalue weighted by atomic mass is 19.4. The lowest BCUT2D eigenvalue weighted by molar-refractivity contribution is -0.265. The molecule has 1 aromatic carbocycles. The van der Waals surface area contributed by atoms with E-state index in [1.54, 1.807) is 0 Å². The van der Waals surface area contributed by atoms with Gasteiger partial charge in [-0.2, -0.15) is 17.6 Å². The molecule has 1 fully saturated rings. The zero-order chi connectivity index (χ0) is 20.9. The molecule has 1 aromatic heterocycles. The van der Waals surface area contributed by atoms with E-state index in [0.29, 0.717) is 0 Å². The second-order valence-corrected chi connectivity index (χ2v) is 6.83. The van der Waals surface area contributed by atoms with Crippen molar-refractivity contribution in [2.75, 3.05) is 7.11 Å². The lowest BCUT2D eigenvalue weighted by atomic mass is 9.85. The van der Waals surface area contributed by atoms with Crippen molar-refractivity contribution in [3.8, 4) is 5.75 Å². The first-order chi connectivity index (χ1) is 13.0. The zero-order valence-electron chi connectivity index (χ0n) is 15.2. The van der Waals surface area contributed by atoms with Crippen LogP contribution >= 0.6 is 0 Å². The molecule has 28 heavy (non-hydrogen) atoms. The number of hydrogen-bond acceptors (Lipinski definition) is 4. The molecular formula is C18H17F5N2O3. The smallest absolute Gasteiger partial charge is 0.417 e. The SMILES string of the molecule is COc1c([C@@H]2C[C@](C)(C(F)(F)F)O[C@H]2c2nc(C)cc(=O)[nH]2)ccc(F)c1F. The van der Waals surface area contributed by atoms with Gasteiger partial charge in [-0.25, -0.2) is 9.37 Å². The maximum absolute atomic E-state index is 14.2. The van der Waals surface area contributed by atoms with E-state index in [2.05, 4.69) is 9.97 Å². The van der Waals surface area contributed by atoms with Gasteiger partial charge < -0.3 is 14.5 Å². The Morgan fingerprint density at radius 2 is 2.00 bits per heavy atom. The number of aryl methyl sites for hydroxylation is 1. The Kier molecular flexibility index (Phi) is 4.95. The summed E-state index contributed by atoms with van der Waals surface area (Å²) < 4.78 is 78.8. The molecule has 3 rings (SSSR count). The molecule has 5 nitrogen and oxygen atoms in total. The maximum atomic E-state index is 14.2. The van der Waals surface area contributed by atoms with E-state index < -0.39 is 53.2 Å². The average Bonchev–Trinajstić information content (AvgIpc) is 2.95. The van der Waals surface area contributed by atoms with E-state index >= 15 is 0 Å². The van der Waals surface area contributed by atoms with E-state index in [1.165, 1.54) is 13.0 Å². The molecule has 152 valence electrons. The van der Waals surface area contributed by atoms with Gasteiger partial charge in [0, 0.05) is 23.2 Å². The summed E-state index contributed by atoms with van der Waals surface area (Å²) in [5, 5.41) is 0. The summed E-state index contributed by atoms with van der Waals surface area (Å²) in [6, 6.07) is 3.13. The Hall–Kier alpha value is -2.49. The zero-order valence-corrected chi connectivity index (χ0v) is 15.2. The van der Waals surface area contributed by atoms with Gasteiger partial charge >= 0.3 is 6.18 Å². The molecule has 0 saturated carbocycles. The monoisotopic (exact) mass is 404 g/mol. The lowest BCUT2D eigenvalue weighted by Gasteiger charge is -2.27. The number of halogens is 5. The Morgan fingerprint density at radius 3 is 2.57 bits per heavy atom. The number of ether oxygens (including phenoxy) is 2. The van der Waals surface area contributed by atoms with Gasteiger partial charge in [-0.15, -0.1) is 0 Å². The minimum Gasteiger partial charge on any atom is -0.493 e. The van der Waals surface area contributed by atoms with Gasteiger partial charge in [-0.05, 0) is 26.3 Å². The first kappa shape index (κ1) is 20.2. The predicted octanol–water partition coefficient (Wildman–Crippen LogP) is 3.93. The van der Waals surface area contributed by atoms with Crippen LogP contribution < -0.4 is 10.3 Å². The van der Waals surface area contributed by atoms with Crippen LogP contribution in [0.2, 0.25) is 0 Å². The molecule has 1 aliphatic heterocycles. The van der Waals surface area contributed by atoms with E-state index in [-0.39, 0.29) is 17.1 Å². The molecule has 2 heterocycles. The van der Waals surface area contributed by atoms with Crippen molar-refractivity contribution in [1.82, 2.24) is 9.97 Å². The van der Waals surface area contributed by atoms with Crippen LogP contribution in [-0.4, -0.2) is 28.9 Å². The molecule has 1 aliphatic rings. The fourth-order valence-electron chi connectivity index (χ4n) is 3.42. The molecule has 0 unspecified atom stereocenters. The third kappa shape index (κ3) is 3.36. The molecule has 0 bridgehead atoms. The fraction of sp³-hybridized carbons (Fsp3) is 0.444. The van der Waals surface area contributed by atoms with Crippen LogP contribution in [0.3, 0.4) is 0 Å². The lowest BCUT2D eigenvalue weighted by Crippen LogP contribution is -2.41. The maximum Gasteiger partial charge on any atom is 0.417 e. The summed E-state index contributed by atoms with van der Waals surface area (Å²) in [6.45, 7) is 2.37. The minimum atomic E-state index is -4.74. The number of H-pyrrole nitrogens is 1. The van der Waals surface area contributed by atoms with Crippen LogP contribution in [0.1, 0.15) is 42.4 Å². The van der Waals surface area contributed by atoms with Crippen molar-refractivity contribution < 1.29 is 31.4 Å². The van der Waals surface area contributed by atoms with Crippen LogP contribution in [0.5, 0.6) is 5.75 Å². The van der Waals surface area contributed by atoms with E-state index in [4.69, 9.17) is 9.47 Å².